The van der Waals surface area contributed by atoms with Crippen molar-refractivity contribution in [2.45, 2.75) is 71.4 Å². The van der Waals surface area contributed by atoms with Crippen LogP contribution in [0.4, 0.5) is 0 Å². The van der Waals surface area contributed by atoms with Gasteiger partial charge in [0.2, 0.25) is 5.91 Å². The Labute approximate surface area is 150 Å². The van der Waals surface area contributed by atoms with Crippen LogP contribution >= 0.6 is 0 Å². The molecule has 1 aromatic heterocycles. The molecule has 2 fully saturated rings. The fourth-order valence-electron chi connectivity index (χ4n) is 3.85. The molecule has 0 aliphatic carbocycles. The van der Waals surface area contributed by atoms with Gasteiger partial charge < -0.3 is 9.80 Å². The molecule has 2 amide bonds. The molecule has 2 saturated heterocycles. The Morgan fingerprint density at radius 3 is 2.52 bits per heavy atom. The molecule has 0 spiro atoms. The Morgan fingerprint density at radius 1 is 1.28 bits per heavy atom. The highest BCUT2D eigenvalue weighted by atomic mass is 16.2. The molecule has 0 saturated carbocycles. The van der Waals surface area contributed by atoms with Gasteiger partial charge in [0.1, 0.15) is 0 Å². The lowest BCUT2D eigenvalue weighted by Gasteiger charge is -2.24. The summed E-state index contributed by atoms with van der Waals surface area (Å²) >= 11 is 0. The maximum atomic E-state index is 13.0. The van der Waals surface area contributed by atoms with Gasteiger partial charge in [0.15, 0.2) is 5.69 Å². The maximum Gasteiger partial charge on any atom is 0.274 e. The van der Waals surface area contributed by atoms with E-state index in [4.69, 9.17) is 0 Å². The third-order valence-corrected chi connectivity index (χ3v) is 5.18. The first kappa shape index (κ1) is 18.0. The topological polar surface area (TPSA) is 58.4 Å². The van der Waals surface area contributed by atoms with Gasteiger partial charge in [-0.05, 0) is 45.6 Å². The molecular formula is C19H30N4O2. The summed E-state index contributed by atoms with van der Waals surface area (Å²) in [7, 11) is 0. The van der Waals surface area contributed by atoms with E-state index >= 15 is 0 Å². The molecule has 0 bridgehead atoms. The van der Waals surface area contributed by atoms with E-state index in [-0.39, 0.29) is 23.4 Å². The molecule has 6 nitrogen and oxygen atoms in total. The van der Waals surface area contributed by atoms with Gasteiger partial charge in [-0.15, -0.1) is 0 Å². The number of amides is 2. The van der Waals surface area contributed by atoms with Crippen molar-refractivity contribution in [3.8, 4) is 0 Å². The second-order valence-corrected chi connectivity index (χ2v) is 8.58. The molecule has 3 rings (SSSR count). The fraction of sp³-hybridized carbons (Fsp3) is 0.737. The van der Waals surface area contributed by atoms with Crippen LogP contribution in [0.25, 0.3) is 0 Å². The summed E-state index contributed by atoms with van der Waals surface area (Å²) in [5.74, 6) is 0.527. The predicted molar refractivity (Wildman–Crippen MR) is 96.6 cm³/mol. The summed E-state index contributed by atoms with van der Waals surface area (Å²) < 4.78 is 1.97. The smallest absolute Gasteiger partial charge is 0.274 e. The first-order chi connectivity index (χ1) is 11.7. The largest absolute Gasteiger partial charge is 0.338 e. The highest BCUT2D eigenvalue weighted by molar-refractivity contribution is 5.92. The van der Waals surface area contributed by atoms with Gasteiger partial charge in [0, 0.05) is 31.7 Å². The van der Waals surface area contributed by atoms with Crippen LogP contribution in [-0.4, -0.2) is 57.1 Å². The van der Waals surface area contributed by atoms with Crippen LogP contribution in [0.3, 0.4) is 0 Å². The molecular weight excluding hydrogens is 316 g/mol. The van der Waals surface area contributed by atoms with Crippen LogP contribution in [0.5, 0.6) is 0 Å². The Bertz CT molecular complexity index is 671. The van der Waals surface area contributed by atoms with Crippen LogP contribution in [0, 0.1) is 0 Å². The van der Waals surface area contributed by atoms with Crippen molar-refractivity contribution < 1.29 is 9.59 Å². The summed E-state index contributed by atoms with van der Waals surface area (Å²) in [6.45, 7) is 12.7. The van der Waals surface area contributed by atoms with Crippen molar-refractivity contribution in [2.24, 2.45) is 0 Å². The van der Waals surface area contributed by atoms with Crippen molar-refractivity contribution in [2.75, 3.05) is 19.6 Å². The SMILES string of the molecule is CC(C)c1cc(C(=O)N2CCC(N3CCCC3=O)C2)nn1C(C)(C)C. The number of carbonyl (C=O) groups is 2. The van der Waals surface area contributed by atoms with Crippen LogP contribution in [0.1, 0.15) is 76.0 Å². The monoisotopic (exact) mass is 346 g/mol. The van der Waals surface area contributed by atoms with Gasteiger partial charge in [-0.25, -0.2) is 0 Å². The van der Waals surface area contributed by atoms with E-state index in [0.29, 0.717) is 31.1 Å². The molecule has 0 aromatic carbocycles. The Balaban J connectivity index is 1.77. The number of likely N-dealkylation sites (tertiary alicyclic amines) is 2. The quantitative estimate of drug-likeness (QED) is 0.845. The normalized spacial score (nSPS) is 21.7. The minimum absolute atomic E-state index is 0.0148. The third-order valence-electron chi connectivity index (χ3n) is 5.18. The van der Waals surface area contributed by atoms with Crippen molar-refractivity contribution in [1.82, 2.24) is 19.6 Å². The zero-order chi connectivity index (χ0) is 18.4. The van der Waals surface area contributed by atoms with E-state index in [1.807, 2.05) is 20.5 Å². The average Bonchev–Trinajstić information content (AvgIpc) is 3.24. The lowest BCUT2D eigenvalue weighted by molar-refractivity contribution is -0.129. The lowest BCUT2D eigenvalue weighted by Crippen LogP contribution is -2.39. The maximum absolute atomic E-state index is 13.0. The van der Waals surface area contributed by atoms with E-state index in [1.54, 1.807) is 0 Å². The minimum atomic E-state index is -0.159. The van der Waals surface area contributed by atoms with Gasteiger partial charge in [0.25, 0.3) is 5.91 Å². The summed E-state index contributed by atoms with van der Waals surface area (Å²) in [4.78, 5) is 28.7. The molecule has 1 atom stereocenters. The Morgan fingerprint density at radius 2 is 2.00 bits per heavy atom. The predicted octanol–water partition coefficient (Wildman–Crippen LogP) is 2.60. The zero-order valence-corrected chi connectivity index (χ0v) is 16.1. The highest BCUT2D eigenvalue weighted by Gasteiger charge is 2.36. The summed E-state index contributed by atoms with van der Waals surface area (Å²) in [6, 6.07) is 2.11. The van der Waals surface area contributed by atoms with Crippen LogP contribution < -0.4 is 0 Å². The van der Waals surface area contributed by atoms with E-state index in [2.05, 4.69) is 39.7 Å². The molecule has 2 aliphatic rings. The Hall–Kier alpha value is -1.85. The second-order valence-electron chi connectivity index (χ2n) is 8.58. The van der Waals surface area contributed by atoms with Gasteiger partial charge >= 0.3 is 0 Å². The molecule has 6 heteroatoms. The van der Waals surface area contributed by atoms with E-state index in [0.717, 1.165) is 25.1 Å². The molecule has 0 radical (unpaired) electrons. The first-order valence-electron chi connectivity index (χ1n) is 9.37. The lowest BCUT2D eigenvalue weighted by atomic mass is 10.1. The van der Waals surface area contributed by atoms with Gasteiger partial charge in [0.05, 0.1) is 11.6 Å². The van der Waals surface area contributed by atoms with E-state index in [9.17, 15) is 9.59 Å². The minimum Gasteiger partial charge on any atom is -0.338 e. The second kappa shape index (κ2) is 6.46. The highest BCUT2D eigenvalue weighted by Crippen LogP contribution is 2.26. The number of carbonyl (C=O) groups excluding carboxylic acids is 2. The molecule has 1 aromatic rings. The number of aromatic nitrogens is 2. The summed E-state index contributed by atoms with van der Waals surface area (Å²) in [6.07, 6.45) is 2.46. The number of hydrogen-bond donors (Lipinski definition) is 0. The van der Waals surface area contributed by atoms with Crippen molar-refractivity contribution >= 4 is 11.8 Å². The summed E-state index contributed by atoms with van der Waals surface area (Å²) in [5, 5.41) is 4.63. The molecule has 1 unspecified atom stereocenters. The summed E-state index contributed by atoms with van der Waals surface area (Å²) in [5.41, 5.74) is 1.45. The number of rotatable bonds is 3. The van der Waals surface area contributed by atoms with E-state index in [1.165, 1.54) is 0 Å². The Kier molecular flexibility index (Phi) is 4.64. The number of nitrogens with zero attached hydrogens (tertiary/aromatic N) is 4. The van der Waals surface area contributed by atoms with Crippen LogP contribution in [0.2, 0.25) is 0 Å². The number of hydrogen-bond acceptors (Lipinski definition) is 3. The van der Waals surface area contributed by atoms with E-state index < -0.39 is 0 Å². The van der Waals surface area contributed by atoms with Crippen molar-refractivity contribution in [3.63, 3.8) is 0 Å². The molecule has 25 heavy (non-hydrogen) atoms. The van der Waals surface area contributed by atoms with Crippen LogP contribution in [0.15, 0.2) is 6.07 Å². The molecule has 138 valence electrons. The van der Waals surface area contributed by atoms with Gasteiger partial charge in [-0.1, -0.05) is 13.8 Å². The van der Waals surface area contributed by atoms with Crippen molar-refractivity contribution in [3.05, 3.63) is 17.5 Å². The standard InChI is InChI=1S/C19H30N4O2/c1-13(2)16-11-15(20-23(16)19(3,4)5)18(25)21-10-8-14(12-21)22-9-6-7-17(22)24/h11,13-14H,6-10,12H2,1-5H3. The molecule has 0 N–H and O–H groups in total. The van der Waals surface area contributed by atoms with Gasteiger partial charge in [-0.3, -0.25) is 14.3 Å². The average molecular weight is 346 g/mol. The molecule has 3 heterocycles. The first-order valence-corrected chi connectivity index (χ1v) is 9.37. The van der Waals surface area contributed by atoms with Gasteiger partial charge in [-0.2, -0.15) is 5.10 Å². The third kappa shape index (κ3) is 3.44. The van der Waals surface area contributed by atoms with Crippen molar-refractivity contribution in [1.29, 1.82) is 0 Å². The molecule has 2 aliphatic heterocycles. The van der Waals surface area contributed by atoms with Crippen LogP contribution in [-0.2, 0) is 10.3 Å². The zero-order valence-electron chi connectivity index (χ0n) is 16.1. The fourth-order valence-corrected chi connectivity index (χ4v) is 3.85.